The summed E-state index contributed by atoms with van der Waals surface area (Å²) in [4.78, 5) is 19.5. The molecule has 4 aromatic rings. The number of amides is 1. The summed E-state index contributed by atoms with van der Waals surface area (Å²) >= 11 is 0. The Bertz CT molecular complexity index is 1400. The van der Waals surface area contributed by atoms with Gasteiger partial charge in [-0.15, -0.1) is 0 Å². The van der Waals surface area contributed by atoms with Gasteiger partial charge >= 0.3 is 0 Å². The van der Waals surface area contributed by atoms with E-state index in [9.17, 15) is 9.18 Å². The van der Waals surface area contributed by atoms with Crippen molar-refractivity contribution in [3.63, 3.8) is 0 Å². The molecule has 0 bridgehead atoms. The van der Waals surface area contributed by atoms with Crippen LogP contribution in [0.4, 0.5) is 4.39 Å². The Morgan fingerprint density at radius 3 is 2.78 bits per heavy atom. The third-order valence-corrected chi connectivity index (χ3v) is 6.78. The maximum atomic E-state index is 14.4. The lowest BCUT2D eigenvalue weighted by Gasteiger charge is -2.32. The van der Waals surface area contributed by atoms with Gasteiger partial charge in [0.15, 0.2) is 0 Å². The topological polar surface area (TPSA) is 72.3 Å². The van der Waals surface area contributed by atoms with Crippen molar-refractivity contribution in [2.24, 2.45) is 7.05 Å². The van der Waals surface area contributed by atoms with Crippen molar-refractivity contribution in [1.82, 2.24) is 25.0 Å². The van der Waals surface area contributed by atoms with Gasteiger partial charge in [-0.25, -0.2) is 4.39 Å². The summed E-state index contributed by atoms with van der Waals surface area (Å²) in [5.74, 6) is 1.15. The molecule has 1 unspecified atom stereocenters. The van der Waals surface area contributed by atoms with E-state index in [2.05, 4.69) is 15.4 Å². The average molecular weight is 488 g/mol. The number of benzene rings is 2. The number of carbonyl (C=O) groups excluding carboxylic acids is 1. The fourth-order valence-corrected chi connectivity index (χ4v) is 4.69. The van der Waals surface area contributed by atoms with Crippen molar-refractivity contribution in [1.29, 1.82) is 0 Å². The third kappa shape index (κ3) is 4.95. The summed E-state index contributed by atoms with van der Waals surface area (Å²) in [5.41, 5.74) is 4.09. The van der Waals surface area contributed by atoms with E-state index in [0.717, 1.165) is 34.3 Å². The Morgan fingerprint density at radius 2 is 1.97 bits per heavy atom. The number of halogens is 1. The number of nitrogens with zero attached hydrogens (tertiary/aromatic N) is 4. The van der Waals surface area contributed by atoms with Crippen LogP contribution in [0.1, 0.15) is 29.3 Å². The summed E-state index contributed by atoms with van der Waals surface area (Å²) in [7, 11) is 3.79. The minimum atomic E-state index is -1.07. The molecule has 1 aliphatic heterocycles. The van der Waals surface area contributed by atoms with E-state index in [1.165, 1.54) is 0 Å². The Morgan fingerprint density at radius 1 is 1.14 bits per heavy atom. The number of nitrogens with one attached hydrogen (secondary N) is 1. The van der Waals surface area contributed by atoms with Gasteiger partial charge in [0.1, 0.15) is 17.7 Å². The summed E-state index contributed by atoms with van der Waals surface area (Å²) in [5, 5.41) is 8.23. The highest BCUT2D eigenvalue weighted by Crippen LogP contribution is 2.29. The Kier molecular flexibility index (Phi) is 6.69. The second-order valence-electron chi connectivity index (χ2n) is 9.34. The van der Waals surface area contributed by atoms with Gasteiger partial charge in [0, 0.05) is 55.0 Å². The largest absolute Gasteiger partial charge is 0.457 e. The van der Waals surface area contributed by atoms with Crippen molar-refractivity contribution < 1.29 is 13.9 Å². The highest BCUT2D eigenvalue weighted by molar-refractivity contribution is 5.96. The van der Waals surface area contributed by atoms with Crippen molar-refractivity contribution in [2.45, 2.75) is 32.0 Å². The predicted molar refractivity (Wildman–Crippen MR) is 138 cm³/mol. The minimum Gasteiger partial charge on any atom is -0.457 e. The summed E-state index contributed by atoms with van der Waals surface area (Å²) in [6.45, 7) is 3.11. The number of fused-ring (bicyclic) bond motifs is 1. The maximum Gasteiger partial charge on any atom is 0.251 e. The van der Waals surface area contributed by atoms with Crippen LogP contribution in [0.2, 0.25) is 0 Å². The number of aryl methyl sites for hydroxylation is 2. The number of likely N-dealkylation sites (tertiary alicyclic amines) is 1. The zero-order valence-corrected chi connectivity index (χ0v) is 20.7. The maximum absolute atomic E-state index is 14.4. The molecule has 2 atom stereocenters. The van der Waals surface area contributed by atoms with Gasteiger partial charge in [0.05, 0.1) is 23.4 Å². The summed E-state index contributed by atoms with van der Waals surface area (Å²) in [6, 6.07) is 14.7. The second kappa shape index (κ2) is 10.1. The van der Waals surface area contributed by atoms with Crippen molar-refractivity contribution in [3.8, 4) is 22.8 Å². The first-order valence-corrected chi connectivity index (χ1v) is 12.2. The number of alkyl halides is 1. The highest BCUT2D eigenvalue weighted by Gasteiger charge is 2.29. The number of carbonyl (C=O) groups is 1. The molecule has 0 spiro atoms. The molecule has 1 saturated heterocycles. The van der Waals surface area contributed by atoms with Gasteiger partial charge in [0.2, 0.25) is 0 Å². The predicted octanol–water partition coefficient (Wildman–Crippen LogP) is 4.76. The quantitative estimate of drug-likeness (QED) is 0.425. The normalized spacial score (nSPS) is 18.3. The van der Waals surface area contributed by atoms with Gasteiger partial charge in [-0.05, 0) is 55.8 Å². The Balaban J connectivity index is 1.34. The van der Waals surface area contributed by atoms with Gasteiger partial charge < -0.3 is 15.0 Å². The summed E-state index contributed by atoms with van der Waals surface area (Å²) in [6.07, 6.45) is 3.74. The van der Waals surface area contributed by atoms with Crippen LogP contribution >= 0.6 is 0 Å². The SMILES string of the molecule is CCc1cc(-c2cc(Oc3ccc4cnn(C)c4c3)ccn2)ccc1C(=O)NC1CCN(C)C[C@H]1F. The third-order valence-electron chi connectivity index (χ3n) is 6.78. The number of aromatic nitrogens is 3. The first-order chi connectivity index (χ1) is 17.4. The summed E-state index contributed by atoms with van der Waals surface area (Å²) < 4.78 is 22.4. The molecule has 1 aliphatic rings. The van der Waals surface area contributed by atoms with Gasteiger partial charge in [-0.3, -0.25) is 14.5 Å². The standard InChI is InChI=1S/C28H30FN5O2/c1-4-18-13-19(6-8-23(18)28(35)32-25-10-12-33(2)17-24(25)29)26-14-22(9-11-30-26)36-21-7-5-20-16-31-34(3)27(20)15-21/h5-9,11,13-16,24-25H,4,10,12,17H2,1-3H3,(H,32,35)/t24-,25?/m1/s1. The molecule has 2 aromatic carbocycles. The van der Waals surface area contributed by atoms with Crippen molar-refractivity contribution >= 4 is 16.8 Å². The van der Waals surface area contributed by atoms with E-state index >= 15 is 0 Å². The number of hydrogen-bond donors (Lipinski definition) is 1. The smallest absolute Gasteiger partial charge is 0.251 e. The van der Waals surface area contributed by atoms with Crippen LogP contribution < -0.4 is 10.1 Å². The van der Waals surface area contributed by atoms with E-state index in [0.29, 0.717) is 36.4 Å². The Hall–Kier alpha value is -3.78. The van der Waals surface area contributed by atoms with Crippen molar-refractivity contribution in [2.75, 3.05) is 20.1 Å². The van der Waals surface area contributed by atoms with Gasteiger partial charge in [-0.2, -0.15) is 5.10 Å². The fraction of sp³-hybridized carbons (Fsp3) is 0.321. The number of piperidine rings is 1. The van der Waals surface area contributed by atoms with E-state index in [1.807, 2.05) is 79.3 Å². The first-order valence-electron chi connectivity index (χ1n) is 12.2. The second-order valence-corrected chi connectivity index (χ2v) is 9.34. The fourth-order valence-electron chi connectivity index (χ4n) is 4.69. The van der Waals surface area contributed by atoms with E-state index in [4.69, 9.17) is 4.74 Å². The Labute approximate surface area is 209 Å². The lowest BCUT2D eigenvalue weighted by atomic mass is 9.98. The molecule has 2 aromatic heterocycles. The molecule has 1 amide bonds. The number of ether oxygens (including phenoxy) is 1. The molecular formula is C28H30FN5O2. The number of rotatable bonds is 6. The number of pyridine rings is 1. The highest BCUT2D eigenvalue weighted by atomic mass is 19.1. The average Bonchev–Trinajstić information content (AvgIpc) is 3.25. The molecule has 36 heavy (non-hydrogen) atoms. The van der Waals surface area contributed by atoms with Crippen LogP contribution in [0.25, 0.3) is 22.2 Å². The minimum absolute atomic E-state index is 0.230. The number of hydrogen-bond acceptors (Lipinski definition) is 5. The molecule has 0 aliphatic carbocycles. The van der Waals surface area contributed by atoms with E-state index < -0.39 is 12.2 Å². The van der Waals surface area contributed by atoms with Gasteiger partial charge in [-0.1, -0.05) is 13.0 Å². The molecule has 5 rings (SSSR count). The van der Waals surface area contributed by atoms with Crippen molar-refractivity contribution in [3.05, 3.63) is 72.1 Å². The molecule has 186 valence electrons. The molecule has 0 radical (unpaired) electrons. The van der Waals surface area contributed by atoms with E-state index in [-0.39, 0.29) is 5.91 Å². The molecule has 7 nitrogen and oxygen atoms in total. The van der Waals surface area contributed by atoms with Crippen LogP contribution in [-0.2, 0) is 13.5 Å². The molecule has 8 heteroatoms. The lowest BCUT2D eigenvalue weighted by molar-refractivity contribution is 0.0821. The molecule has 1 N–H and O–H groups in total. The van der Waals surface area contributed by atoms with Crippen LogP contribution in [-0.4, -0.2) is 57.9 Å². The van der Waals surface area contributed by atoms with Gasteiger partial charge in [0.25, 0.3) is 5.91 Å². The monoisotopic (exact) mass is 487 g/mol. The first kappa shape index (κ1) is 23.9. The van der Waals surface area contributed by atoms with Crippen LogP contribution in [0.3, 0.4) is 0 Å². The molecular weight excluding hydrogens is 457 g/mol. The van der Waals surface area contributed by atoms with Crippen LogP contribution in [0.5, 0.6) is 11.5 Å². The lowest BCUT2D eigenvalue weighted by Crippen LogP contribution is -2.51. The molecule has 3 heterocycles. The zero-order valence-electron chi connectivity index (χ0n) is 20.7. The molecule has 1 fully saturated rings. The zero-order chi connectivity index (χ0) is 25.2. The van der Waals surface area contributed by atoms with Crippen LogP contribution in [0, 0.1) is 0 Å². The van der Waals surface area contributed by atoms with Crippen LogP contribution in [0.15, 0.2) is 60.9 Å². The molecule has 0 saturated carbocycles. The van der Waals surface area contributed by atoms with E-state index in [1.54, 1.807) is 12.3 Å².